The lowest BCUT2D eigenvalue weighted by atomic mass is 10.1. The Labute approximate surface area is 108 Å². The molecule has 96 valence electrons. The SMILES string of the molecule is COc1ccc(C#N)cc1CO[C@H]1CCCNC1. The van der Waals surface area contributed by atoms with Crippen molar-refractivity contribution in [2.24, 2.45) is 0 Å². The van der Waals surface area contributed by atoms with Gasteiger partial charge in [-0.2, -0.15) is 5.26 Å². The molecule has 0 aliphatic carbocycles. The van der Waals surface area contributed by atoms with Crippen LogP contribution in [0.2, 0.25) is 0 Å². The molecule has 0 amide bonds. The van der Waals surface area contributed by atoms with Crippen LogP contribution in [-0.4, -0.2) is 26.3 Å². The number of piperidine rings is 1. The molecule has 0 bridgehead atoms. The number of rotatable bonds is 4. The summed E-state index contributed by atoms with van der Waals surface area (Å²) in [5.41, 5.74) is 1.57. The lowest BCUT2D eigenvalue weighted by Gasteiger charge is -2.23. The van der Waals surface area contributed by atoms with Gasteiger partial charge in [-0.15, -0.1) is 0 Å². The maximum Gasteiger partial charge on any atom is 0.124 e. The Hall–Kier alpha value is -1.57. The second-order valence-electron chi connectivity index (χ2n) is 4.42. The van der Waals surface area contributed by atoms with E-state index in [1.807, 2.05) is 12.1 Å². The molecule has 0 aromatic heterocycles. The van der Waals surface area contributed by atoms with Crippen LogP contribution in [-0.2, 0) is 11.3 Å². The van der Waals surface area contributed by atoms with Crippen molar-refractivity contribution in [3.63, 3.8) is 0 Å². The third-order valence-corrected chi connectivity index (χ3v) is 3.14. The minimum Gasteiger partial charge on any atom is -0.496 e. The third kappa shape index (κ3) is 3.22. The molecule has 2 rings (SSSR count). The van der Waals surface area contributed by atoms with E-state index in [9.17, 15) is 0 Å². The van der Waals surface area contributed by atoms with Crippen LogP contribution >= 0.6 is 0 Å². The molecule has 1 aliphatic heterocycles. The summed E-state index contributed by atoms with van der Waals surface area (Å²) in [5.74, 6) is 0.776. The largest absolute Gasteiger partial charge is 0.496 e. The highest BCUT2D eigenvalue weighted by molar-refractivity contribution is 5.41. The fourth-order valence-corrected chi connectivity index (χ4v) is 2.13. The zero-order chi connectivity index (χ0) is 12.8. The number of benzene rings is 1. The van der Waals surface area contributed by atoms with Gasteiger partial charge >= 0.3 is 0 Å². The van der Waals surface area contributed by atoms with Crippen molar-refractivity contribution in [3.05, 3.63) is 29.3 Å². The van der Waals surface area contributed by atoms with Gasteiger partial charge in [-0.3, -0.25) is 0 Å². The Bertz CT molecular complexity index is 434. The zero-order valence-corrected chi connectivity index (χ0v) is 10.6. The first kappa shape index (κ1) is 12.9. The van der Waals surface area contributed by atoms with E-state index in [0.29, 0.717) is 12.2 Å². The summed E-state index contributed by atoms with van der Waals surface area (Å²) in [5, 5.41) is 12.2. The number of hydrogen-bond donors (Lipinski definition) is 1. The summed E-state index contributed by atoms with van der Waals surface area (Å²) in [6.45, 7) is 2.47. The van der Waals surface area contributed by atoms with E-state index < -0.39 is 0 Å². The normalized spacial score (nSPS) is 19.2. The van der Waals surface area contributed by atoms with Crippen LogP contribution in [0.3, 0.4) is 0 Å². The van der Waals surface area contributed by atoms with Gasteiger partial charge in [0.1, 0.15) is 5.75 Å². The predicted octanol–water partition coefficient (Wildman–Crippen LogP) is 1.84. The minimum atomic E-state index is 0.259. The molecule has 0 unspecified atom stereocenters. The van der Waals surface area contributed by atoms with Gasteiger partial charge in [0.2, 0.25) is 0 Å². The molecule has 1 aromatic rings. The summed E-state index contributed by atoms with van der Waals surface area (Å²) in [7, 11) is 1.63. The van der Waals surface area contributed by atoms with E-state index in [0.717, 1.165) is 37.2 Å². The quantitative estimate of drug-likeness (QED) is 0.880. The Morgan fingerprint density at radius 3 is 3.06 bits per heavy atom. The first-order valence-corrected chi connectivity index (χ1v) is 6.23. The fourth-order valence-electron chi connectivity index (χ4n) is 2.13. The Kier molecular flexibility index (Phi) is 4.57. The van der Waals surface area contributed by atoms with E-state index in [4.69, 9.17) is 14.7 Å². The van der Waals surface area contributed by atoms with Crippen LogP contribution < -0.4 is 10.1 Å². The van der Waals surface area contributed by atoms with E-state index in [-0.39, 0.29) is 6.10 Å². The van der Waals surface area contributed by atoms with Gasteiger partial charge in [0.05, 0.1) is 31.5 Å². The van der Waals surface area contributed by atoms with Gasteiger partial charge in [-0.1, -0.05) is 0 Å². The van der Waals surface area contributed by atoms with Crippen LogP contribution in [0.15, 0.2) is 18.2 Å². The second-order valence-corrected chi connectivity index (χ2v) is 4.42. The summed E-state index contributed by atoms with van der Waals surface area (Å²) >= 11 is 0. The summed E-state index contributed by atoms with van der Waals surface area (Å²) in [6.07, 6.45) is 2.50. The molecule has 0 radical (unpaired) electrons. The summed E-state index contributed by atoms with van der Waals surface area (Å²) < 4.78 is 11.1. The fraction of sp³-hybridized carbons (Fsp3) is 0.500. The van der Waals surface area contributed by atoms with Crippen molar-refractivity contribution < 1.29 is 9.47 Å². The average Bonchev–Trinajstić information content (AvgIpc) is 2.45. The Morgan fingerprint density at radius 1 is 1.50 bits per heavy atom. The van der Waals surface area contributed by atoms with Gasteiger partial charge in [0.25, 0.3) is 0 Å². The minimum absolute atomic E-state index is 0.259. The maximum atomic E-state index is 8.90. The first-order chi connectivity index (χ1) is 8.83. The Balaban J connectivity index is 2.00. The summed E-state index contributed by atoms with van der Waals surface area (Å²) in [4.78, 5) is 0. The predicted molar refractivity (Wildman–Crippen MR) is 68.4 cm³/mol. The van der Waals surface area contributed by atoms with Gasteiger partial charge in [-0.05, 0) is 37.6 Å². The molecule has 4 heteroatoms. The third-order valence-electron chi connectivity index (χ3n) is 3.14. The van der Waals surface area contributed by atoms with Gasteiger partial charge < -0.3 is 14.8 Å². The van der Waals surface area contributed by atoms with E-state index in [1.54, 1.807) is 13.2 Å². The Morgan fingerprint density at radius 2 is 2.39 bits per heavy atom. The molecule has 0 spiro atoms. The zero-order valence-electron chi connectivity index (χ0n) is 10.6. The topological polar surface area (TPSA) is 54.3 Å². The first-order valence-electron chi connectivity index (χ1n) is 6.23. The van der Waals surface area contributed by atoms with Crippen molar-refractivity contribution in [2.75, 3.05) is 20.2 Å². The molecule has 1 heterocycles. The van der Waals surface area contributed by atoms with Crippen molar-refractivity contribution >= 4 is 0 Å². The molecule has 18 heavy (non-hydrogen) atoms. The molecule has 1 atom stereocenters. The van der Waals surface area contributed by atoms with E-state index in [2.05, 4.69) is 11.4 Å². The highest BCUT2D eigenvalue weighted by Gasteiger charge is 2.14. The van der Waals surface area contributed by atoms with Gasteiger partial charge in [0.15, 0.2) is 0 Å². The smallest absolute Gasteiger partial charge is 0.124 e. The lowest BCUT2D eigenvalue weighted by Crippen LogP contribution is -2.35. The number of hydrogen-bond acceptors (Lipinski definition) is 4. The van der Waals surface area contributed by atoms with Crippen molar-refractivity contribution in [1.82, 2.24) is 5.32 Å². The van der Waals surface area contributed by atoms with Crippen molar-refractivity contribution in [3.8, 4) is 11.8 Å². The number of ether oxygens (including phenoxy) is 2. The standard InChI is InChI=1S/C14H18N2O2/c1-17-14-5-4-11(8-15)7-12(14)10-18-13-3-2-6-16-9-13/h4-5,7,13,16H,2-3,6,9-10H2,1H3/t13-/m0/s1. The van der Waals surface area contributed by atoms with Crippen LogP contribution in [0.4, 0.5) is 0 Å². The second kappa shape index (κ2) is 6.39. The molecule has 1 aromatic carbocycles. The highest BCUT2D eigenvalue weighted by Crippen LogP contribution is 2.21. The molecule has 1 N–H and O–H groups in total. The number of nitriles is 1. The highest BCUT2D eigenvalue weighted by atomic mass is 16.5. The monoisotopic (exact) mass is 246 g/mol. The van der Waals surface area contributed by atoms with E-state index >= 15 is 0 Å². The number of methoxy groups -OCH3 is 1. The lowest BCUT2D eigenvalue weighted by molar-refractivity contribution is 0.0244. The van der Waals surface area contributed by atoms with Crippen molar-refractivity contribution in [1.29, 1.82) is 5.26 Å². The van der Waals surface area contributed by atoms with Crippen LogP contribution in [0.5, 0.6) is 5.75 Å². The molecule has 1 saturated heterocycles. The molecular formula is C14H18N2O2. The number of nitrogens with one attached hydrogen (secondary N) is 1. The number of nitrogens with zero attached hydrogens (tertiary/aromatic N) is 1. The molecular weight excluding hydrogens is 228 g/mol. The van der Waals surface area contributed by atoms with Crippen LogP contribution in [0, 0.1) is 11.3 Å². The average molecular weight is 246 g/mol. The molecule has 1 fully saturated rings. The van der Waals surface area contributed by atoms with Gasteiger partial charge in [-0.25, -0.2) is 0 Å². The maximum absolute atomic E-state index is 8.90. The van der Waals surface area contributed by atoms with Crippen LogP contribution in [0.25, 0.3) is 0 Å². The van der Waals surface area contributed by atoms with E-state index in [1.165, 1.54) is 0 Å². The van der Waals surface area contributed by atoms with Crippen LogP contribution in [0.1, 0.15) is 24.0 Å². The summed E-state index contributed by atoms with van der Waals surface area (Å²) in [6, 6.07) is 7.53. The van der Waals surface area contributed by atoms with Gasteiger partial charge in [0, 0.05) is 12.1 Å². The van der Waals surface area contributed by atoms with Crippen molar-refractivity contribution in [2.45, 2.75) is 25.6 Å². The molecule has 1 aliphatic rings. The molecule has 0 saturated carbocycles. The molecule has 4 nitrogen and oxygen atoms in total.